The Labute approximate surface area is 105 Å². The summed E-state index contributed by atoms with van der Waals surface area (Å²) in [6, 6.07) is 3.12. The molecule has 3 nitrogen and oxygen atoms in total. The first kappa shape index (κ1) is 12.9. The van der Waals surface area contributed by atoms with Crippen molar-refractivity contribution < 1.29 is 0 Å². The van der Waals surface area contributed by atoms with E-state index in [1.54, 1.807) is 0 Å². The van der Waals surface area contributed by atoms with Gasteiger partial charge in [0.2, 0.25) is 0 Å². The Morgan fingerprint density at radius 1 is 1.47 bits per heavy atom. The summed E-state index contributed by atoms with van der Waals surface area (Å²) in [5.41, 5.74) is -0.243. The molecule has 3 unspecified atom stereocenters. The molecule has 1 saturated carbocycles. The lowest BCUT2D eigenvalue weighted by Crippen LogP contribution is -2.41. The third kappa shape index (κ3) is 2.64. The molecule has 0 aromatic heterocycles. The zero-order valence-corrected chi connectivity index (χ0v) is 11.2. The summed E-state index contributed by atoms with van der Waals surface area (Å²) in [5, 5.41) is 12.5. The van der Waals surface area contributed by atoms with Gasteiger partial charge >= 0.3 is 0 Å². The third-order valence-electron chi connectivity index (χ3n) is 4.71. The molecule has 1 saturated heterocycles. The minimum atomic E-state index is -0.243. The monoisotopic (exact) mass is 235 g/mol. The molecule has 17 heavy (non-hydrogen) atoms. The third-order valence-corrected chi connectivity index (χ3v) is 4.71. The number of nitrogens with zero attached hydrogens (tertiary/aromatic N) is 2. The molecule has 0 radical (unpaired) electrons. The Kier molecular flexibility index (Phi) is 4.06. The number of hydrogen-bond donors (Lipinski definition) is 1. The van der Waals surface area contributed by atoms with Crippen LogP contribution >= 0.6 is 0 Å². The zero-order chi connectivity index (χ0) is 12.3. The van der Waals surface area contributed by atoms with E-state index in [9.17, 15) is 5.26 Å². The van der Waals surface area contributed by atoms with Crippen LogP contribution in [0.3, 0.4) is 0 Å². The molecule has 2 fully saturated rings. The lowest BCUT2D eigenvalue weighted by atomic mass is 10.00. The van der Waals surface area contributed by atoms with Crippen molar-refractivity contribution in [1.29, 1.82) is 5.26 Å². The topological polar surface area (TPSA) is 39.1 Å². The van der Waals surface area contributed by atoms with Crippen LogP contribution < -0.4 is 5.32 Å². The van der Waals surface area contributed by atoms with Gasteiger partial charge in [-0.3, -0.25) is 4.90 Å². The maximum atomic E-state index is 9.28. The molecule has 0 aromatic carbocycles. The predicted molar refractivity (Wildman–Crippen MR) is 69.6 cm³/mol. The molecular weight excluding hydrogens is 210 g/mol. The van der Waals surface area contributed by atoms with Gasteiger partial charge in [0, 0.05) is 12.6 Å². The van der Waals surface area contributed by atoms with Gasteiger partial charge in [-0.25, -0.2) is 0 Å². The number of nitriles is 1. The molecule has 1 N–H and O–H groups in total. The van der Waals surface area contributed by atoms with Gasteiger partial charge in [0.25, 0.3) is 0 Å². The summed E-state index contributed by atoms with van der Waals surface area (Å²) < 4.78 is 0. The van der Waals surface area contributed by atoms with Gasteiger partial charge in [0.05, 0.1) is 6.07 Å². The lowest BCUT2D eigenvalue weighted by Gasteiger charge is -2.26. The molecule has 2 aliphatic rings. The first-order valence-electron chi connectivity index (χ1n) is 7.07. The Morgan fingerprint density at radius 3 is 2.88 bits per heavy atom. The summed E-state index contributed by atoms with van der Waals surface area (Å²) in [5.74, 6) is 0.909. The van der Waals surface area contributed by atoms with Gasteiger partial charge in [0.15, 0.2) is 0 Å². The maximum Gasteiger partial charge on any atom is 0.108 e. The molecule has 2 rings (SSSR count). The highest BCUT2D eigenvalue weighted by Crippen LogP contribution is 2.35. The van der Waals surface area contributed by atoms with E-state index in [1.165, 1.54) is 38.8 Å². The van der Waals surface area contributed by atoms with Crippen LogP contribution in [0.15, 0.2) is 0 Å². The van der Waals surface area contributed by atoms with E-state index in [4.69, 9.17) is 0 Å². The van der Waals surface area contributed by atoms with Crippen molar-refractivity contribution in [1.82, 2.24) is 10.2 Å². The summed E-state index contributed by atoms with van der Waals surface area (Å²) in [6.07, 6.45) is 7.26. The summed E-state index contributed by atoms with van der Waals surface area (Å²) >= 11 is 0. The highest BCUT2D eigenvalue weighted by atomic mass is 15.2. The second-order valence-electron chi connectivity index (χ2n) is 5.78. The van der Waals surface area contributed by atoms with E-state index in [0.717, 1.165) is 18.8 Å². The molecule has 0 spiro atoms. The molecule has 0 aromatic rings. The van der Waals surface area contributed by atoms with Gasteiger partial charge in [0.1, 0.15) is 5.54 Å². The molecule has 1 heterocycles. The summed E-state index contributed by atoms with van der Waals surface area (Å²) in [7, 11) is 1.93. The quantitative estimate of drug-likeness (QED) is 0.811. The molecule has 1 aliphatic heterocycles. The standard InChI is InChI=1S/C14H25N3/c1-3-4-12-6-8-17(10-12)13-5-7-14(9-13,11-15)16-2/h12-13,16H,3-10H2,1-2H3. The number of hydrogen-bond acceptors (Lipinski definition) is 3. The van der Waals surface area contributed by atoms with Crippen molar-refractivity contribution in [3.05, 3.63) is 0 Å². The Morgan fingerprint density at radius 2 is 2.29 bits per heavy atom. The fourth-order valence-electron chi connectivity index (χ4n) is 3.55. The fraction of sp³-hybridized carbons (Fsp3) is 0.929. The fourth-order valence-corrected chi connectivity index (χ4v) is 3.55. The van der Waals surface area contributed by atoms with E-state index >= 15 is 0 Å². The number of rotatable bonds is 4. The molecular formula is C14H25N3. The number of nitrogens with one attached hydrogen (secondary N) is 1. The minimum absolute atomic E-state index is 0.243. The van der Waals surface area contributed by atoms with Crippen LogP contribution in [0.2, 0.25) is 0 Å². The summed E-state index contributed by atoms with van der Waals surface area (Å²) in [4.78, 5) is 2.64. The van der Waals surface area contributed by atoms with Crippen LogP contribution in [-0.2, 0) is 0 Å². The first-order valence-corrected chi connectivity index (χ1v) is 7.07. The normalized spacial score (nSPS) is 38.4. The highest BCUT2D eigenvalue weighted by molar-refractivity contribution is 5.13. The lowest BCUT2D eigenvalue weighted by molar-refractivity contribution is 0.228. The SMILES string of the molecule is CCCC1CCN(C2CCC(C#N)(NC)C2)C1. The molecule has 3 heteroatoms. The first-order chi connectivity index (χ1) is 8.23. The molecule has 3 atom stereocenters. The molecule has 0 bridgehead atoms. The van der Waals surface area contributed by atoms with Gasteiger partial charge in [-0.1, -0.05) is 13.3 Å². The maximum absolute atomic E-state index is 9.28. The largest absolute Gasteiger partial charge is 0.302 e. The second kappa shape index (κ2) is 5.37. The van der Waals surface area contributed by atoms with Crippen molar-refractivity contribution in [2.24, 2.45) is 5.92 Å². The van der Waals surface area contributed by atoms with Gasteiger partial charge in [-0.2, -0.15) is 5.26 Å². The van der Waals surface area contributed by atoms with Crippen LogP contribution in [0.1, 0.15) is 45.4 Å². The molecule has 96 valence electrons. The smallest absolute Gasteiger partial charge is 0.108 e. The van der Waals surface area contributed by atoms with E-state index in [2.05, 4.69) is 23.2 Å². The molecule has 0 amide bonds. The Hall–Kier alpha value is -0.590. The van der Waals surface area contributed by atoms with Gasteiger partial charge < -0.3 is 5.32 Å². The Bertz CT molecular complexity index is 296. The van der Waals surface area contributed by atoms with Crippen molar-refractivity contribution in [2.45, 2.75) is 57.0 Å². The van der Waals surface area contributed by atoms with Crippen molar-refractivity contribution in [2.75, 3.05) is 20.1 Å². The van der Waals surface area contributed by atoms with E-state index < -0.39 is 0 Å². The predicted octanol–water partition coefficient (Wildman–Crippen LogP) is 2.14. The van der Waals surface area contributed by atoms with Crippen LogP contribution in [0.4, 0.5) is 0 Å². The van der Waals surface area contributed by atoms with E-state index in [1.807, 2.05) is 7.05 Å². The van der Waals surface area contributed by atoms with Gasteiger partial charge in [-0.05, 0) is 51.6 Å². The van der Waals surface area contributed by atoms with Crippen molar-refractivity contribution in [3.63, 3.8) is 0 Å². The second-order valence-corrected chi connectivity index (χ2v) is 5.78. The van der Waals surface area contributed by atoms with Crippen LogP contribution in [0, 0.1) is 17.2 Å². The highest BCUT2D eigenvalue weighted by Gasteiger charge is 2.41. The zero-order valence-electron chi connectivity index (χ0n) is 11.2. The molecule has 1 aliphatic carbocycles. The van der Waals surface area contributed by atoms with Gasteiger partial charge in [-0.15, -0.1) is 0 Å². The Balaban J connectivity index is 1.88. The average molecular weight is 235 g/mol. The minimum Gasteiger partial charge on any atom is -0.302 e. The average Bonchev–Trinajstić information content (AvgIpc) is 2.96. The van der Waals surface area contributed by atoms with E-state index in [-0.39, 0.29) is 5.54 Å². The van der Waals surface area contributed by atoms with E-state index in [0.29, 0.717) is 6.04 Å². The summed E-state index contributed by atoms with van der Waals surface area (Å²) in [6.45, 7) is 4.80. The van der Waals surface area contributed by atoms with Crippen LogP contribution in [-0.4, -0.2) is 36.6 Å². The number of likely N-dealkylation sites (tertiary alicyclic amines) is 1. The van der Waals surface area contributed by atoms with Crippen molar-refractivity contribution >= 4 is 0 Å². The van der Waals surface area contributed by atoms with Crippen molar-refractivity contribution in [3.8, 4) is 6.07 Å². The van der Waals surface area contributed by atoms with Crippen LogP contribution in [0.5, 0.6) is 0 Å². The van der Waals surface area contributed by atoms with Crippen LogP contribution in [0.25, 0.3) is 0 Å².